The average molecular weight is 352 g/mol. The fourth-order valence-corrected chi connectivity index (χ4v) is 2.80. The Bertz CT molecular complexity index is 548. The van der Waals surface area contributed by atoms with Crippen LogP contribution < -0.4 is 4.90 Å². The number of esters is 1. The molecule has 0 saturated carbocycles. The van der Waals surface area contributed by atoms with E-state index in [0.29, 0.717) is 12.0 Å². The lowest BCUT2D eigenvalue weighted by atomic mass is 10.1. The summed E-state index contributed by atoms with van der Waals surface area (Å²) in [7, 11) is 1.41. The van der Waals surface area contributed by atoms with E-state index in [1.165, 1.54) is 7.11 Å². The summed E-state index contributed by atoms with van der Waals surface area (Å²) in [5.74, 6) is -0.169. The molecule has 112 valence electrons. The van der Waals surface area contributed by atoms with Gasteiger partial charge in [0.05, 0.1) is 24.8 Å². The van der Waals surface area contributed by atoms with Crippen molar-refractivity contribution in [3.63, 3.8) is 0 Å². The summed E-state index contributed by atoms with van der Waals surface area (Å²) < 4.78 is 5.57. The maximum Gasteiger partial charge on any atom is 0.306 e. The summed E-state index contributed by atoms with van der Waals surface area (Å²) in [5, 5.41) is 9.24. The monoisotopic (exact) mass is 351 g/mol. The molecule has 0 aliphatic carbocycles. The Hall–Kier alpha value is -1.58. The average Bonchev–Trinajstić information content (AvgIpc) is 2.53. The molecule has 1 heterocycles. The van der Waals surface area contributed by atoms with Gasteiger partial charge in [-0.3, -0.25) is 9.69 Å². The summed E-state index contributed by atoms with van der Waals surface area (Å²) in [6.07, 6.45) is 0.429. The minimum absolute atomic E-state index is 0.169. The van der Waals surface area contributed by atoms with Crippen LogP contribution in [0.25, 0.3) is 0 Å². The number of methoxy groups -OCH3 is 1. The quantitative estimate of drug-likeness (QED) is 0.776. The molecular formula is C15H18BrN3O2. The van der Waals surface area contributed by atoms with Crippen LogP contribution in [0.1, 0.15) is 12.0 Å². The van der Waals surface area contributed by atoms with E-state index in [9.17, 15) is 10.1 Å². The molecule has 0 bridgehead atoms. The molecule has 0 amide bonds. The topological polar surface area (TPSA) is 56.6 Å². The molecule has 6 heteroatoms. The molecule has 0 unspecified atom stereocenters. The third-order valence-corrected chi connectivity index (χ3v) is 4.15. The number of rotatable bonds is 4. The van der Waals surface area contributed by atoms with Gasteiger partial charge in [-0.1, -0.05) is 15.9 Å². The third-order valence-electron chi connectivity index (χ3n) is 3.65. The van der Waals surface area contributed by atoms with Gasteiger partial charge in [0.2, 0.25) is 0 Å². The lowest BCUT2D eigenvalue weighted by molar-refractivity contribution is -0.141. The minimum atomic E-state index is -0.169. The van der Waals surface area contributed by atoms with Crippen molar-refractivity contribution < 1.29 is 9.53 Å². The van der Waals surface area contributed by atoms with Crippen LogP contribution in [0.5, 0.6) is 0 Å². The second kappa shape index (κ2) is 7.43. The minimum Gasteiger partial charge on any atom is -0.469 e. The Morgan fingerprint density at radius 1 is 1.38 bits per heavy atom. The highest BCUT2D eigenvalue weighted by molar-refractivity contribution is 9.10. The number of nitriles is 1. The van der Waals surface area contributed by atoms with E-state index in [1.807, 2.05) is 18.2 Å². The van der Waals surface area contributed by atoms with Gasteiger partial charge in [-0.25, -0.2) is 0 Å². The van der Waals surface area contributed by atoms with Crippen molar-refractivity contribution in [3.05, 3.63) is 28.2 Å². The zero-order valence-corrected chi connectivity index (χ0v) is 13.6. The van der Waals surface area contributed by atoms with E-state index in [1.54, 1.807) is 0 Å². The molecule has 0 spiro atoms. The molecule has 1 aromatic rings. The molecule has 1 aliphatic heterocycles. The van der Waals surface area contributed by atoms with E-state index < -0.39 is 0 Å². The summed E-state index contributed by atoms with van der Waals surface area (Å²) in [5.41, 5.74) is 1.67. The predicted octanol–water partition coefficient (Wildman–Crippen LogP) is 2.01. The van der Waals surface area contributed by atoms with E-state index in [-0.39, 0.29) is 5.97 Å². The highest BCUT2D eigenvalue weighted by atomic mass is 79.9. The zero-order valence-electron chi connectivity index (χ0n) is 12.0. The first-order valence-electron chi connectivity index (χ1n) is 6.88. The molecule has 0 radical (unpaired) electrons. The Balaban J connectivity index is 1.92. The summed E-state index contributed by atoms with van der Waals surface area (Å²) >= 11 is 3.39. The van der Waals surface area contributed by atoms with Gasteiger partial charge in [-0.15, -0.1) is 0 Å². The number of nitrogens with zero attached hydrogens (tertiary/aromatic N) is 3. The number of piperazine rings is 1. The lowest BCUT2D eigenvalue weighted by Gasteiger charge is -2.36. The fourth-order valence-electron chi connectivity index (χ4n) is 2.44. The number of hydrogen-bond donors (Lipinski definition) is 0. The van der Waals surface area contributed by atoms with Gasteiger partial charge in [0.15, 0.2) is 0 Å². The van der Waals surface area contributed by atoms with Crippen LogP contribution in [0.3, 0.4) is 0 Å². The standard InChI is InChI=1S/C15H18BrN3O2/c1-21-15(20)4-5-18-6-8-19(9-7-18)14-3-2-13(16)10-12(14)11-17/h2-3,10H,4-9H2,1H3. The van der Waals surface area contributed by atoms with Crippen molar-refractivity contribution >= 4 is 27.6 Å². The van der Waals surface area contributed by atoms with Crippen LogP contribution in [0.15, 0.2) is 22.7 Å². The SMILES string of the molecule is COC(=O)CCN1CCN(c2ccc(Br)cc2C#N)CC1. The number of anilines is 1. The van der Waals surface area contributed by atoms with Gasteiger partial charge in [0.25, 0.3) is 0 Å². The number of carbonyl (C=O) groups is 1. The van der Waals surface area contributed by atoms with E-state index >= 15 is 0 Å². The molecule has 1 fully saturated rings. The van der Waals surface area contributed by atoms with Crippen LogP contribution in [0.4, 0.5) is 5.69 Å². The molecule has 1 saturated heterocycles. The molecule has 0 aromatic heterocycles. The molecule has 0 N–H and O–H groups in total. The number of hydrogen-bond acceptors (Lipinski definition) is 5. The van der Waals surface area contributed by atoms with Crippen LogP contribution >= 0.6 is 15.9 Å². The highest BCUT2D eigenvalue weighted by Gasteiger charge is 2.19. The smallest absolute Gasteiger partial charge is 0.306 e. The van der Waals surface area contributed by atoms with E-state index in [4.69, 9.17) is 0 Å². The Morgan fingerprint density at radius 3 is 2.71 bits per heavy atom. The van der Waals surface area contributed by atoms with Crippen molar-refractivity contribution in [2.75, 3.05) is 44.7 Å². The van der Waals surface area contributed by atoms with Crippen molar-refractivity contribution in [1.82, 2.24) is 4.90 Å². The van der Waals surface area contributed by atoms with Crippen LogP contribution in [-0.2, 0) is 9.53 Å². The largest absolute Gasteiger partial charge is 0.469 e. The number of ether oxygens (including phenoxy) is 1. The normalized spacial score (nSPS) is 15.6. The van der Waals surface area contributed by atoms with Crippen LogP contribution in [0, 0.1) is 11.3 Å². The Labute approximate surface area is 133 Å². The van der Waals surface area contributed by atoms with Crippen molar-refractivity contribution in [3.8, 4) is 6.07 Å². The second-order valence-corrected chi connectivity index (χ2v) is 5.84. The first-order chi connectivity index (χ1) is 10.1. The molecule has 21 heavy (non-hydrogen) atoms. The van der Waals surface area contributed by atoms with Gasteiger partial charge in [0.1, 0.15) is 6.07 Å². The third kappa shape index (κ3) is 4.19. The maximum atomic E-state index is 11.2. The van der Waals surface area contributed by atoms with Crippen LogP contribution in [0.2, 0.25) is 0 Å². The lowest BCUT2D eigenvalue weighted by Crippen LogP contribution is -2.47. The fraction of sp³-hybridized carbons (Fsp3) is 0.467. The molecule has 1 aliphatic rings. The first kappa shape index (κ1) is 15.8. The van der Waals surface area contributed by atoms with Gasteiger partial charge < -0.3 is 9.64 Å². The van der Waals surface area contributed by atoms with Crippen molar-refractivity contribution in [1.29, 1.82) is 5.26 Å². The molecule has 2 rings (SSSR count). The van der Waals surface area contributed by atoms with E-state index in [0.717, 1.165) is 42.9 Å². The maximum absolute atomic E-state index is 11.2. The predicted molar refractivity (Wildman–Crippen MR) is 84.1 cm³/mol. The van der Waals surface area contributed by atoms with E-state index in [2.05, 4.69) is 36.5 Å². The Kier molecular flexibility index (Phi) is 5.59. The first-order valence-corrected chi connectivity index (χ1v) is 7.67. The summed E-state index contributed by atoms with van der Waals surface area (Å²) in [4.78, 5) is 15.6. The molecule has 1 aromatic carbocycles. The van der Waals surface area contributed by atoms with Gasteiger partial charge >= 0.3 is 5.97 Å². The molecule has 0 atom stereocenters. The second-order valence-electron chi connectivity index (χ2n) is 4.93. The molecular weight excluding hydrogens is 334 g/mol. The van der Waals surface area contributed by atoms with Crippen molar-refractivity contribution in [2.24, 2.45) is 0 Å². The number of halogens is 1. The molecule has 5 nitrogen and oxygen atoms in total. The van der Waals surface area contributed by atoms with Crippen LogP contribution in [-0.4, -0.2) is 50.7 Å². The summed E-state index contributed by atoms with van der Waals surface area (Å²) in [6.45, 7) is 4.22. The zero-order chi connectivity index (χ0) is 15.2. The van der Waals surface area contributed by atoms with Gasteiger partial charge in [-0.05, 0) is 18.2 Å². The Morgan fingerprint density at radius 2 is 2.10 bits per heavy atom. The highest BCUT2D eigenvalue weighted by Crippen LogP contribution is 2.25. The van der Waals surface area contributed by atoms with Gasteiger partial charge in [0, 0.05) is 37.2 Å². The number of carbonyl (C=O) groups excluding carboxylic acids is 1. The van der Waals surface area contributed by atoms with Crippen molar-refractivity contribution in [2.45, 2.75) is 6.42 Å². The van der Waals surface area contributed by atoms with Gasteiger partial charge in [-0.2, -0.15) is 5.26 Å². The summed E-state index contributed by atoms with van der Waals surface area (Å²) in [6, 6.07) is 8.03. The number of benzene rings is 1.